The summed E-state index contributed by atoms with van der Waals surface area (Å²) in [5.74, 6) is 0.673. The number of nitrogens with zero attached hydrogens (tertiary/aromatic N) is 5. The molecule has 3 heterocycles. The van der Waals surface area contributed by atoms with E-state index in [4.69, 9.17) is 4.74 Å². The third kappa shape index (κ3) is 2.63. The van der Waals surface area contributed by atoms with E-state index < -0.39 is 6.09 Å². The van der Waals surface area contributed by atoms with Crippen LogP contribution >= 0.6 is 0 Å². The second kappa shape index (κ2) is 5.47. The minimum absolute atomic E-state index is 0.283. The zero-order valence-electron chi connectivity index (χ0n) is 10.6. The van der Waals surface area contributed by atoms with Crippen LogP contribution in [0.2, 0.25) is 0 Å². The molecule has 8 heteroatoms. The Morgan fingerprint density at radius 1 is 1.30 bits per heavy atom. The number of hydrogen-bond donors (Lipinski definition) is 1. The zero-order chi connectivity index (χ0) is 13.8. The van der Waals surface area contributed by atoms with Crippen molar-refractivity contribution in [2.45, 2.75) is 6.54 Å². The second-order valence-corrected chi connectivity index (χ2v) is 4.05. The van der Waals surface area contributed by atoms with Crippen molar-refractivity contribution < 1.29 is 9.53 Å². The molecule has 0 bridgehead atoms. The van der Waals surface area contributed by atoms with Crippen LogP contribution in [-0.2, 0) is 11.3 Å². The molecule has 0 aliphatic carbocycles. The highest BCUT2D eigenvalue weighted by atomic mass is 16.6. The summed E-state index contributed by atoms with van der Waals surface area (Å²) in [6.07, 6.45) is 2.64. The van der Waals surface area contributed by atoms with Gasteiger partial charge in [0.2, 0.25) is 11.9 Å². The van der Waals surface area contributed by atoms with Gasteiger partial charge in [0.05, 0.1) is 18.8 Å². The number of cyclic esters (lactones) is 1. The van der Waals surface area contributed by atoms with Gasteiger partial charge in [-0.3, -0.25) is 4.98 Å². The standard InChI is InChI=1S/C12H12N6O2/c19-12-18(5-6-20-12)11-16-8-15-10(17-11)14-7-9-3-1-2-4-13-9/h1-4,8H,5-7H2,(H,14,15,16,17). The minimum atomic E-state index is -0.438. The van der Waals surface area contributed by atoms with Crippen LogP contribution in [0.3, 0.4) is 0 Å². The maximum absolute atomic E-state index is 11.4. The van der Waals surface area contributed by atoms with Crippen LogP contribution in [0.15, 0.2) is 30.7 Å². The van der Waals surface area contributed by atoms with Crippen molar-refractivity contribution in [3.63, 3.8) is 0 Å². The summed E-state index contributed by atoms with van der Waals surface area (Å²) in [7, 11) is 0. The molecule has 20 heavy (non-hydrogen) atoms. The van der Waals surface area contributed by atoms with Gasteiger partial charge in [0.1, 0.15) is 12.9 Å². The van der Waals surface area contributed by atoms with E-state index in [9.17, 15) is 4.79 Å². The average Bonchev–Trinajstić information content (AvgIpc) is 2.93. The molecule has 2 aromatic heterocycles. The predicted molar refractivity (Wildman–Crippen MR) is 70.1 cm³/mol. The van der Waals surface area contributed by atoms with E-state index >= 15 is 0 Å². The molecular formula is C12H12N6O2. The molecule has 3 rings (SSSR count). The molecule has 1 aliphatic heterocycles. The van der Waals surface area contributed by atoms with Crippen molar-refractivity contribution in [2.75, 3.05) is 23.4 Å². The van der Waals surface area contributed by atoms with Crippen molar-refractivity contribution in [1.82, 2.24) is 19.9 Å². The number of hydrogen-bond acceptors (Lipinski definition) is 7. The number of ether oxygens (including phenoxy) is 1. The van der Waals surface area contributed by atoms with Gasteiger partial charge in [-0.25, -0.2) is 19.7 Å². The fraction of sp³-hybridized carbons (Fsp3) is 0.250. The number of pyridine rings is 1. The Morgan fingerprint density at radius 3 is 3.00 bits per heavy atom. The molecule has 0 aromatic carbocycles. The quantitative estimate of drug-likeness (QED) is 0.881. The fourth-order valence-electron chi connectivity index (χ4n) is 1.75. The van der Waals surface area contributed by atoms with Crippen LogP contribution in [-0.4, -0.2) is 39.2 Å². The predicted octanol–water partition coefficient (Wildman–Crippen LogP) is 0.835. The van der Waals surface area contributed by atoms with Gasteiger partial charge in [-0.1, -0.05) is 6.07 Å². The van der Waals surface area contributed by atoms with Crippen molar-refractivity contribution in [3.8, 4) is 0 Å². The maximum Gasteiger partial charge on any atom is 0.416 e. The fourth-order valence-corrected chi connectivity index (χ4v) is 1.75. The van der Waals surface area contributed by atoms with E-state index in [-0.39, 0.29) is 5.95 Å². The first kappa shape index (κ1) is 12.3. The van der Waals surface area contributed by atoms with E-state index in [1.807, 2.05) is 18.2 Å². The van der Waals surface area contributed by atoms with Gasteiger partial charge in [-0.2, -0.15) is 4.98 Å². The number of nitrogens with one attached hydrogen (secondary N) is 1. The number of carbonyl (C=O) groups excluding carboxylic acids is 1. The molecule has 102 valence electrons. The Balaban J connectivity index is 1.70. The van der Waals surface area contributed by atoms with Crippen LogP contribution in [0, 0.1) is 0 Å². The lowest BCUT2D eigenvalue weighted by Gasteiger charge is -2.11. The summed E-state index contributed by atoms with van der Waals surface area (Å²) in [4.78, 5) is 29.2. The topological polar surface area (TPSA) is 93.1 Å². The largest absolute Gasteiger partial charge is 0.447 e. The average molecular weight is 272 g/mol. The number of rotatable bonds is 4. The van der Waals surface area contributed by atoms with Crippen LogP contribution < -0.4 is 10.2 Å². The number of anilines is 2. The molecule has 0 unspecified atom stereocenters. The van der Waals surface area contributed by atoms with E-state index in [1.54, 1.807) is 6.20 Å². The molecule has 1 aliphatic rings. The monoisotopic (exact) mass is 272 g/mol. The molecule has 2 aromatic rings. The first-order chi connectivity index (χ1) is 9.83. The maximum atomic E-state index is 11.4. The van der Waals surface area contributed by atoms with E-state index in [2.05, 4.69) is 25.3 Å². The summed E-state index contributed by atoms with van der Waals surface area (Å²) in [5.41, 5.74) is 0.870. The molecule has 1 amide bonds. The van der Waals surface area contributed by atoms with Gasteiger partial charge in [-0.05, 0) is 12.1 Å². The molecule has 0 saturated carbocycles. The molecule has 1 N–H and O–H groups in total. The smallest absolute Gasteiger partial charge is 0.416 e. The van der Waals surface area contributed by atoms with Crippen LogP contribution in [0.1, 0.15) is 5.69 Å². The lowest BCUT2D eigenvalue weighted by atomic mass is 10.3. The third-order valence-corrected chi connectivity index (χ3v) is 2.72. The number of amides is 1. The number of aromatic nitrogens is 4. The van der Waals surface area contributed by atoms with Gasteiger partial charge >= 0.3 is 6.09 Å². The van der Waals surface area contributed by atoms with Crippen molar-refractivity contribution >= 4 is 18.0 Å². The van der Waals surface area contributed by atoms with Crippen molar-refractivity contribution in [3.05, 3.63) is 36.4 Å². The Labute approximate surface area is 114 Å². The molecule has 8 nitrogen and oxygen atoms in total. The molecule has 0 spiro atoms. The molecule has 0 radical (unpaired) electrons. The summed E-state index contributed by atoms with van der Waals surface area (Å²) >= 11 is 0. The van der Waals surface area contributed by atoms with Crippen LogP contribution in [0.4, 0.5) is 16.7 Å². The van der Waals surface area contributed by atoms with E-state index in [0.29, 0.717) is 25.6 Å². The third-order valence-electron chi connectivity index (χ3n) is 2.72. The molecule has 1 fully saturated rings. The number of carbonyl (C=O) groups is 1. The SMILES string of the molecule is O=C1OCCN1c1ncnc(NCc2ccccn2)n1. The molecule has 1 saturated heterocycles. The highest BCUT2D eigenvalue weighted by Crippen LogP contribution is 2.13. The molecular weight excluding hydrogens is 260 g/mol. The Hall–Kier alpha value is -2.77. The van der Waals surface area contributed by atoms with Crippen LogP contribution in [0.25, 0.3) is 0 Å². The molecule has 0 atom stereocenters. The summed E-state index contributed by atoms with van der Waals surface area (Å²) in [5, 5.41) is 3.04. The second-order valence-electron chi connectivity index (χ2n) is 4.05. The van der Waals surface area contributed by atoms with Gasteiger partial charge in [0, 0.05) is 6.20 Å². The lowest BCUT2D eigenvalue weighted by molar-refractivity contribution is 0.181. The van der Waals surface area contributed by atoms with E-state index in [0.717, 1.165) is 5.69 Å². The highest BCUT2D eigenvalue weighted by molar-refractivity contribution is 5.87. The highest BCUT2D eigenvalue weighted by Gasteiger charge is 2.26. The van der Waals surface area contributed by atoms with Gasteiger partial charge in [0.25, 0.3) is 0 Å². The normalized spacial score (nSPS) is 14.2. The summed E-state index contributed by atoms with van der Waals surface area (Å²) < 4.78 is 4.85. The van der Waals surface area contributed by atoms with E-state index in [1.165, 1.54) is 11.2 Å². The first-order valence-electron chi connectivity index (χ1n) is 6.10. The minimum Gasteiger partial charge on any atom is -0.447 e. The Kier molecular flexibility index (Phi) is 3.36. The van der Waals surface area contributed by atoms with Crippen LogP contribution in [0.5, 0.6) is 0 Å². The van der Waals surface area contributed by atoms with Crippen molar-refractivity contribution in [2.24, 2.45) is 0 Å². The summed E-state index contributed by atoms with van der Waals surface area (Å²) in [6.45, 7) is 1.29. The first-order valence-corrected chi connectivity index (χ1v) is 6.10. The summed E-state index contributed by atoms with van der Waals surface area (Å²) in [6, 6.07) is 5.65. The Morgan fingerprint density at radius 2 is 2.25 bits per heavy atom. The van der Waals surface area contributed by atoms with Gasteiger partial charge in [-0.15, -0.1) is 0 Å². The van der Waals surface area contributed by atoms with Gasteiger partial charge in [0.15, 0.2) is 0 Å². The van der Waals surface area contributed by atoms with Gasteiger partial charge < -0.3 is 10.1 Å². The zero-order valence-corrected chi connectivity index (χ0v) is 10.6. The van der Waals surface area contributed by atoms with Crippen molar-refractivity contribution in [1.29, 1.82) is 0 Å². The lowest BCUT2D eigenvalue weighted by Crippen LogP contribution is -2.26. The Bertz CT molecular complexity index is 606.